The van der Waals surface area contributed by atoms with E-state index in [1.54, 1.807) is 5.57 Å². The highest BCUT2D eigenvalue weighted by atomic mass is 32.2. The van der Waals surface area contributed by atoms with Gasteiger partial charge >= 0.3 is 0 Å². The number of allylic oxidation sites excluding steroid dienone is 4. The molecule has 1 N–H and O–H groups in total. The number of nitrogens with one attached hydrogen (secondary N) is 1. The molecule has 0 radical (unpaired) electrons. The topological polar surface area (TPSA) is 12.0 Å². The predicted octanol–water partition coefficient (Wildman–Crippen LogP) is 4.57. The number of thioether (sulfide) groups is 1. The number of fused-ring (bicyclic) bond motifs is 3. The molecule has 1 aliphatic heterocycles. The van der Waals surface area contributed by atoms with E-state index in [-0.39, 0.29) is 0 Å². The second-order valence-electron chi connectivity index (χ2n) is 6.68. The largest absolute Gasteiger partial charge is 0.381 e. The highest BCUT2D eigenvalue weighted by molar-refractivity contribution is 8.01. The summed E-state index contributed by atoms with van der Waals surface area (Å²) in [6.07, 6.45) is 20.6. The Labute approximate surface area is 127 Å². The first-order chi connectivity index (χ1) is 9.92. The molecule has 1 nitrogen and oxygen atoms in total. The number of hydrogen-bond donors (Lipinski definition) is 1. The summed E-state index contributed by atoms with van der Waals surface area (Å²) in [7, 11) is 0. The van der Waals surface area contributed by atoms with Crippen LogP contribution in [0.5, 0.6) is 0 Å². The maximum atomic E-state index is 3.85. The van der Waals surface area contributed by atoms with Crippen LogP contribution in [0.25, 0.3) is 0 Å². The summed E-state index contributed by atoms with van der Waals surface area (Å²) in [4.78, 5) is 0. The third kappa shape index (κ3) is 2.36. The fraction of sp³-hybridized carbons (Fsp3) is 0.667. The fourth-order valence-electron chi connectivity index (χ4n) is 4.32. The van der Waals surface area contributed by atoms with E-state index in [9.17, 15) is 0 Å². The van der Waals surface area contributed by atoms with Crippen molar-refractivity contribution < 1.29 is 0 Å². The van der Waals surface area contributed by atoms with Gasteiger partial charge in [0, 0.05) is 10.9 Å². The lowest BCUT2D eigenvalue weighted by molar-refractivity contribution is 0.419. The lowest BCUT2D eigenvalue weighted by Gasteiger charge is -2.29. The second kappa shape index (κ2) is 5.63. The van der Waals surface area contributed by atoms with Crippen molar-refractivity contribution in [2.24, 2.45) is 5.92 Å². The SMILES string of the molecule is C1=C[C@H](NC2=CCCCC2)C2SC3CCCCC3C2=C1. The summed E-state index contributed by atoms with van der Waals surface area (Å²) in [6.45, 7) is 0. The van der Waals surface area contributed by atoms with Crippen molar-refractivity contribution in [2.45, 2.75) is 67.9 Å². The third-order valence-corrected chi connectivity index (χ3v) is 7.13. The first-order valence-corrected chi connectivity index (χ1v) is 9.35. The summed E-state index contributed by atoms with van der Waals surface area (Å²) in [5.74, 6) is 0.883. The van der Waals surface area contributed by atoms with Gasteiger partial charge in [-0.3, -0.25) is 0 Å². The molecule has 0 aromatic carbocycles. The van der Waals surface area contributed by atoms with Crippen LogP contribution in [-0.2, 0) is 0 Å². The summed E-state index contributed by atoms with van der Waals surface area (Å²) in [5, 5.41) is 5.46. The lowest BCUT2D eigenvalue weighted by atomic mass is 9.80. The maximum Gasteiger partial charge on any atom is 0.0601 e. The Morgan fingerprint density at radius 1 is 1.10 bits per heavy atom. The molecule has 0 amide bonds. The monoisotopic (exact) mass is 287 g/mol. The van der Waals surface area contributed by atoms with Crippen LogP contribution in [0.15, 0.2) is 35.6 Å². The van der Waals surface area contributed by atoms with Gasteiger partial charge in [-0.15, -0.1) is 11.8 Å². The molecule has 4 rings (SSSR count). The molecule has 3 aliphatic carbocycles. The van der Waals surface area contributed by atoms with Crippen molar-refractivity contribution >= 4 is 11.8 Å². The molecule has 0 aromatic rings. The van der Waals surface area contributed by atoms with E-state index in [2.05, 4.69) is 41.4 Å². The summed E-state index contributed by atoms with van der Waals surface area (Å²) >= 11 is 2.27. The summed E-state index contributed by atoms with van der Waals surface area (Å²) in [5.41, 5.74) is 3.25. The first-order valence-electron chi connectivity index (χ1n) is 8.41. The van der Waals surface area contributed by atoms with Crippen molar-refractivity contribution in [3.05, 3.63) is 35.6 Å². The van der Waals surface area contributed by atoms with Gasteiger partial charge in [-0.25, -0.2) is 0 Å². The van der Waals surface area contributed by atoms with E-state index in [0.717, 1.165) is 11.2 Å². The summed E-state index contributed by atoms with van der Waals surface area (Å²) in [6, 6.07) is 0.537. The molecule has 2 heteroatoms. The zero-order chi connectivity index (χ0) is 13.4. The minimum Gasteiger partial charge on any atom is -0.381 e. The molecular formula is C18H25NS. The molecule has 2 fully saturated rings. The van der Waals surface area contributed by atoms with Crippen LogP contribution in [0.1, 0.15) is 51.4 Å². The molecule has 3 unspecified atom stereocenters. The van der Waals surface area contributed by atoms with E-state index < -0.39 is 0 Å². The fourth-order valence-corrected chi connectivity index (χ4v) is 6.22. The van der Waals surface area contributed by atoms with Crippen LogP contribution in [-0.4, -0.2) is 16.5 Å². The highest BCUT2D eigenvalue weighted by Gasteiger charge is 2.43. The minimum atomic E-state index is 0.537. The molecule has 0 aromatic heterocycles. The average molecular weight is 287 g/mol. The van der Waals surface area contributed by atoms with Crippen molar-refractivity contribution in [2.75, 3.05) is 0 Å². The normalized spacial score (nSPS) is 39.6. The van der Waals surface area contributed by atoms with Gasteiger partial charge < -0.3 is 5.32 Å². The molecule has 0 spiro atoms. The van der Waals surface area contributed by atoms with Crippen LogP contribution in [0.3, 0.4) is 0 Å². The van der Waals surface area contributed by atoms with Crippen molar-refractivity contribution in [1.29, 1.82) is 0 Å². The Hall–Kier alpha value is -0.630. The number of rotatable bonds is 2. The van der Waals surface area contributed by atoms with Gasteiger partial charge in [-0.05, 0) is 44.4 Å². The zero-order valence-electron chi connectivity index (χ0n) is 12.2. The standard InChI is InChI=1S/C18H25NS/c1-2-7-13(8-3-1)19-16-11-6-10-15-14-9-4-5-12-17(14)20-18(15)16/h6-7,10-11,14,16-19H,1-5,8-9,12H2/t14?,16-,17?,18?/m0/s1. The number of hydrogen-bond acceptors (Lipinski definition) is 2. The van der Waals surface area contributed by atoms with E-state index in [1.165, 1.54) is 57.1 Å². The van der Waals surface area contributed by atoms with Crippen LogP contribution >= 0.6 is 11.8 Å². The van der Waals surface area contributed by atoms with Crippen molar-refractivity contribution in [1.82, 2.24) is 5.32 Å². The van der Waals surface area contributed by atoms with Crippen LogP contribution in [0.2, 0.25) is 0 Å². The van der Waals surface area contributed by atoms with Gasteiger partial charge in [0.25, 0.3) is 0 Å². The Balaban J connectivity index is 1.50. The quantitative estimate of drug-likeness (QED) is 0.798. The maximum absolute atomic E-state index is 3.85. The van der Waals surface area contributed by atoms with Crippen molar-refractivity contribution in [3.8, 4) is 0 Å². The van der Waals surface area contributed by atoms with Gasteiger partial charge in [0.15, 0.2) is 0 Å². The molecule has 1 saturated heterocycles. The predicted molar refractivity (Wildman–Crippen MR) is 87.8 cm³/mol. The first kappa shape index (κ1) is 13.1. The minimum absolute atomic E-state index is 0.537. The van der Waals surface area contributed by atoms with Crippen LogP contribution < -0.4 is 5.32 Å². The van der Waals surface area contributed by atoms with E-state index in [0.29, 0.717) is 11.3 Å². The molecular weight excluding hydrogens is 262 g/mol. The molecule has 4 aliphatic rings. The van der Waals surface area contributed by atoms with Gasteiger partial charge in [0.1, 0.15) is 0 Å². The molecule has 1 saturated carbocycles. The van der Waals surface area contributed by atoms with Gasteiger partial charge in [0.05, 0.1) is 11.3 Å². The van der Waals surface area contributed by atoms with E-state index >= 15 is 0 Å². The molecule has 1 heterocycles. The van der Waals surface area contributed by atoms with Gasteiger partial charge in [-0.2, -0.15) is 0 Å². The van der Waals surface area contributed by atoms with Gasteiger partial charge in [0.2, 0.25) is 0 Å². The van der Waals surface area contributed by atoms with E-state index in [4.69, 9.17) is 0 Å². The highest BCUT2D eigenvalue weighted by Crippen LogP contribution is 2.51. The van der Waals surface area contributed by atoms with Crippen LogP contribution in [0, 0.1) is 5.92 Å². The molecule has 0 bridgehead atoms. The zero-order valence-corrected chi connectivity index (χ0v) is 13.0. The third-order valence-electron chi connectivity index (χ3n) is 5.36. The van der Waals surface area contributed by atoms with Gasteiger partial charge in [-0.1, -0.05) is 42.7 Å². The molecule has 20 heavy (non-hydrogen) atoms. The Bertz CT molecular complexity index is 462. The smallest absolute Gasteiger partial charge is 0.0601 e. The van der Waals surface area contributed by atoms with Crippen LogP contribution in [0.4, 0.5) is 0 Å². The van der Waals surface area contributed by atoms with Crippen molar-refractivity contribution in [3.63, 3.8) is 0 Å². The average Bonchev–Trinajstić information content (AvgIpc) is 2.88. The Kier molecular flexibility index (Phi) is 3.68. The summed E-state index contributed by atoms with van der Waals surface area (Å²) < 4.78 is 0. The Morgan fingerprint density at radius 2 is 2.05 bits per heavy atom. The second-order valence-corrected chi connectivity index (χ2v) is 8.07. The lowest BCUT2D eigenvalue weighted by Crippen LogP contribution is -2.37. The Morgan fingerprint density at radius 3 is 2.95 bits per heavy atom. The van der Waals surface area contributed by atoms with E-state index in [1.807, 2.05) is 0 Å². The molecule has 108 valence electrons. The molecule has 4 atom stereocenters.